The number of rotatable bonds is 6. The third kappa shape index (κ3) is 4.97. The fourth-order valence-electron chi connectivity index (χ4n) is 1.66. The number of hydrogen-bond acceptors (Lipinski definition) is 6. The number of alkyl halides is 2. The number of hydrogen-bond donors (Lipinski definition) is 1. The molecule has 0 spiro atoms. The minimum atomic E-state index is -3.03. The Morgan fingerprint density at radius 3 is 2.62 bits per heavy atom. The number of para-hydroxylation sites is 2. The number of carbonyl (C=O) groups is 2. The molecule has 0 atom stereocenters. The molecule has 0 aliphatic rings. The van der Waals surface area contributed by atoms with Gasteiger partial charge in [-0.1, -0.05) is 12.1 Å². The predicted molar refractivity (Wildman–Crippen MR) is 78.8 cm³/mol. The molecular weight excluding hydrogens is 324 g/mol. The Balaban J connectivity index is 1.92. The topological polar surface area (TPSA) is 90.4 Å². The lowest BCUT2D eigenvalue weighted by molar-refractivity contribution is -0.119. The molecule has 0 aliphatic heterocycles. The number of nitrogens with zero attached hydrogens (tertiary/aromatic N) is 2. The van der Waals surface area contributed by atoms with Crippen LogP contribution in [0.4, 0.5) is 14.5 Å². The van der Waals surface area contributed by atoms with Crippen LogP contribution < -0.4 is 10.1 Å². The summed E-state index contributed by atoms with van der Waals surface area (Å²) in [5, 5.41) is 2.32. The van der Waals surface area contributed by atoms with E-state index >= 15 is 0 Å². The second-order valence-corrected chi connectivity index (χ2v) is 4.54. The zero-order valence-corrected chi connectivity index (χ0v) is 12.5. The van der Waals surface area contributed by atoms with Gasteiger partial charge >= 0.3 is 12.6 Å². The van der Waals surface area contributed by atoms with Gasteiger partial charge in [-0.15, -0.1) is 0 Å². The van der Waals surface area contributed by atoms with E-state index in [1.165, 1.54) is 36.7 Å². The number of aryl methyl sites for hydroxylation is 1. The lowest BCUT2D eigenvalue weighted by atomic mass is 10.3. The fraction of sp³-hybridized carbons (Fsp3) is 0.200. The number of halogens is 2. The first kappa shape index (κ1) is 17.3. The number of nitrogens with one attached hydrogen (secondary N) is 1. The maximum atomic E-state index is 12.3. The van der Waals surface area contributed by atoms with Gasteiger partial charge in [0.2, 0.25) is 0 Å². The molecule has 0 radical (unpaired) electrons. The summed E-state index contributed by atoms with van der Waals surface area (Å²) in [5.74, 6) is -1.74. The molecule has 0 unspecified atom stereocenters. The lowest BCUT2D eigenvalue weighted by Gasteiger charge is -2.11. The second-order valence-electron chi connectivity index (χ2n) is 4.54. The molecule has 0 fully saturated rings. The van der Waals surface area contributed by atoms with Crippen molar-refractivity contribution in [2.24, 2.45) is 0 Å². The number of aromatic nitrogens is 2. The molecule has 0 bridgehead atoms. The first-order valence-corrected chi connectivity index (χ1v) is 6.75. The van der Waals surface area contributed by atoms with E-state index < -0.39 is 25.1 Å². The van der Waals surface area contributed by atoms with Crippen LogP contribution in [0.25, 0.3) is 0 Å². The largest absolute Gasteiger partial charge is 0.451 e. The summed E-state index contributed by atoms with van der Waals surface area (Å²) < 4.78 is 33.6. The molecule has 1 aromatic heterocycles. The van der Waals surface area contributed by atoms with Crippen molar-refractivity contribution in [1.29, 1.82) is 0 Å². The third-order valence-corrected chi connectivity index (χ3v) is 2.70. The minimum absolute atomic E-state index is 0.0361. The lowest BCUT2D eigenvalue weighted by Crippen LogP contribution is -2.22. The van der Waals surface area contributed by atoms with Crippen molar-refractivity contribution < 1.29 is 27.8 Å². The molecule has 0 saturated heterocycles. The summed E-state index contributed by atoms with van der Waals surface area (Å²) in [6.07, 6.45) is 2.61. The van der Waals surface area contributed by atoms with E-state index in [2.05, 4.69) is 20.0 Å². The molecule has 1 aromatic carbocycles. The Kier molecular flexibility index (Phi) is 5.72. The van der Waals surface area contributed by atoms with Gasteiger partial charge in [-0.25, -0.2) is 9.78 Å². The van der Waals surface area contributed by atoms with Crippen LogP contribution in [0.1, 0.15) is 16.2 Å². The summed E-state index contributed by atoms with van der Waals surface area (Å²) in [4.78, 5) is 31.2. The number of anilines is 1. The normalized spacial score (nSPS) is 10.3. The van der Waals surface area contributed by atoms with Crippen LogP contribution in [0.15, 0.2) is 36.7 Å². The van der Waals surface area contributed by atoms with Gasteiger partial charge in [0.15, 0.2) is 12.3 Å². The summed E-state index contributed by atoms with van der Waals surface area (Å²) in [5.41, 5.74) is 0.615. The molecule has 2 rings (SSSR count). The van der Waals surface area contributed by atoms with Gasteiger partial charge in [-0.05, 0) is 19.1 Å². The van der Waals surface area contributed by atoms with E-state index in [-0.39, 0.29) is 17.1 Å². The Hall–Kier alpha value is -3.10. The Labute approximate surface area is 135 Å². The molecule has 0 saturated carbocycles. The highest BCUT2D eigenvalue weighted by molar-refractivity contribution is 5.95. The zero-order valence-electron chi connectivity index (χ0n) is 12.5. The van der Waals surface area contributed by atoms with Gasteiger partial charge in [-0.2, -0.15) is 8.78 Å². The van der Waals surface area contributed by atoms with Gasteiger partial charge < -0.3 is 14.8 Å². The SMILES string of the molecule is Cc1cnc(C(=O)OCC(=O)Nc2ccccc2OC(F)F)cn1. The third-order valence-electron chi connectivity index (χ3n) is 2.70. The van der Waals surface area contributed by atoms with Crippen LogP contribution in [0, 0.1) is 6.92 Å². The minimum Gasteiger partial charge on any atom is -0.451 e. The number of amides is 1. The van der Waals surface area contributed by atoms with Crippen molar-refractivity contribution in [2.75, 3.05) is 11.9 Å². The maximum Gasteiger partial charge on any atom is 0.387 e. The number of benzene rings is 1. The summed E-state index contributed by atoms with van der Waals surface area (Å²) in [6, 6.07) is 5.66. The van der Waals surface area contributed by atoms with E-state index in [0.717, 1.165) is 0 Å². The second kappa shape index (κ2) is 7.95. The van der Waals surface area contributed by atoms with E-state index in [4.69, 9.17) is 4.74 Å². The number of esters is 1. The molecule has 1 N–H and O–H groups in total. The first-order valence-electron chi connectivity index (χ1n) is 6.75. The monoisotopic (exact) mass is 337 g/mol. The average Bonchev–Trinajstić information content (AvgIpc) is 2.54. The smallest absolute Gasteiger partial charge is 0.387 e. The van der Waals surface area contributed by atoms with E-state index in [1.807, 2.05) is 0 Å². The maximum absolute atomic E-state index is 12.3. The van der Waals surface area contributed by atoms with Crippen molar-refractivity contribution >= 4 is 17.6 Å². The van der Waals surface area contributed by atoms with E-state index in [1.54, 1.807) is 6.92 Å². The van der Waals surface area contributed by atoms with Crippen molar-refractivity contribution in [2.45, 2.75) is 13.5 Å². The fourth-order valence-corrected chi connectivity index (χ4v) is 1.66. The first-order chi connectivity index (χ1) is 11.5. The summed E-state index contributed by atoms with van der Waals surface area (Å²) >= 11 is 0. The van der Waals surface area contributed by atoms with Crippen molar-refractivity contribution in [3.05, 3.63) is 48.0 Å². The average molecular weight is 337 g/mol. The highest BCUT2D eigenvalue weighted by Crippen LogP contribution is 2.25. The summed E-state index contributed by atoms with van der Waals surface area (Å²) in [6.45, 7) is -1.94. The predicted octanol–water partition coefficient (Wildman–Crippen LogP) is 2.18. The molecular formula is C15H13F2N3O4. The molecule has 24 heavy (non-hydrogen) atoms. The van der Waals surface area contributed by atoms with Crippen LogP contribution in [0.5, 0.6) is 5.75 Å². The van der Waals surface area contributed by atoms with Gasteiger partial charge in [-0.3, -0.25) is 9.78 Å². The van der Waals surface area contributed by atoms with E-state index in [9.17, 15) is 18.4 Å². The molecule has 7 nitrogen and oxygen atoms in total. The summed E-state index contributed by atoms with van der Waals surface area (Å²) in [7, 11) is 0. The Morgan fingerprint density at radius 2 is 1.96 bits per heavy atom. The van der Waals surface area contributed by atoms with Crippen molar-refractivity contribution in [3.63, 3.8) is 0 Å². The molecule has 2 aromatic rings. The molecule has 1 amide bonds. The molecule has 0 aliphatic carbocycles. The highest BCUT2D eigenvalue weighted by Gasteiger charge is 2.14. The standard InChI is InChI=1S/C15H13F2N3O4/c1-9-6-19-11(7-18-9)14(22)23-8-13(21)20-10-4-2-3-5-12(10)24-15(16)17/h2-7,15H,8H2,1H3,(H,20,21). The van der Waals surface area contributed by atoms with E-state index in [0.29, 0.717) is 5.69 Å². The van der Waals surface area contributed by atoms with Gasteiger partial charge in [0, 0.05) is 6.20 Å². The zero-order chi connectivity index (χ0) is 17.5. The van der Waals surface area contributed by atoms with Crippen LogP contribution >= 0.6 is 0 Å². The van der Waals surface area contributed by atoms with Crippen LogP contribution in [-0.2, 0) is 9.53 Å². The van der Waals surface area contributed by atoms with Crippen molar-refractivity contribution in [1.82, 2.24) is 9.97 Å². The Morgan fingerprint density at radius 1 is 1.21 bits per heavy atom. The number of carbonyl (C=O) groups excluding carboxylic acids is 2. The molecule has 126 valence electrons. The van der Waals surface area contributed by atoms with Crippen LogP contribution in [-0.4, -0.2) is 35.1 Å². The van der Waals surface area contributed by atoms with Gasteiger partial charge in [0.05, 0.1) is 17.6 Å². The number of ether oxygens (including phenoxy) is 2. The van der Waals surface area contributed by atoms with Crippen LogP contribution in [0.3, 0.4) is 0 Å². The molecule has 1 heterocycles. The van der Waals surface area contributed by atoms with Gasteiger partial charge in [0.25, 0.3) is 5.91 Å². The van der Waals surface area contributed by atoms with Crippen molar-refractivity contribution in [3.8, 4) is 5.75 Å². The van der Waals surface area contributed by atoms with Crippen LogP contribution in [0.2, 0.25) is 0 Å². The molecule has 9 heteroatoms. The van der Waals surface area contributed by atoms with Gasteiger partial charge in [0.1, 0.15) is 5.75 Å². The quantitative estimate of drug-likeness (QED) is 0.813. The highest BCUT2D eigenvalue weighted by atomic mass is 19.3. The Bertz CT molecular complexity index is 723.